The number of urea groups is 1. The average Bonchev–Trinajstić information content (AvgIpc) is 3.78. The summed E-state index contributed by atoms with van der Waals surface area (Å²) in [6, 6.07) is 26.9. The molecule has 1 aromatic heterocycles. The Hall–Kier alpha value is -4.24. The smallest absolute Gasteiger partial charge is 0.317 e. The normalized spacial score (nSPS) is 23.7. The number of rotatable bonds is 10. The summed E-state index contributed by atoms with van der Waals surface area (Å²) in [5, 5.41) is 29.3. The quantitative estimate of drug-likeness (QED) is 0.112. The van der Waals surface area contributed by atoms with Crippen molar-refractivity contribution in [1.29, 1.82) is 0 Å². The van der Waals surface area contributed by atoms with E-state index in [2.05, 4.69) is 42.8 Å². The van der Waals surface area contributed by atoms with Crippen LogP contribution in [0, 0.1) is 5.41 Å². The molecular weight excluding hydrogens is 681 g/mol. The molecule has 5 unspecified atom stereocenters. The molecule has 8 heteroatoms. The van der Waals surface area contributed by atoms with Crippen molar-refractivity contribution in [1.82, 2.24) is 10.2 Å². The Morgan fingerprint density at radius 1 is 1.02 bits per heavy atom. The lowest BCUT2D eigenvalue weighted by Crippen LogP contribution is -2.56. The summed E-state index contributed by atoms with van der Waals surface area (Å²) < 4.78 is 5.36. The second-order valence-electron chi connectivity index (χ2n) is 15.3. The number of amides is 2. The number of allylic oxidation sites excluding steroid dienone is 2. The van der Waals surface area contributed by atoms with E-state index in [1.807, 2.05) is 60.4 Å². The van der Waals surface area contributed by atoms with Crippen LogP contribution in [0.1, 0.15) is 109 Å². The van der Waals surface area contributed by atoms with Crippen molar-refractivity contribution in [3.05, 3.63) is 135 Å². The molecule has 1 saturated carbocycles. The molecule has 3 aromatic carbocycles. The summed E-state index contributed by atoms with van der Waals surface area (Å²) in [5.41, 5.74) is 3.33. The number of thiophene rings is 1. The van der Waals surface area contributed by atoms with Crippen LogP contribution in [-0.4, -0.2) is 58.8 Å². The SMILES string of the molecule is COc1ccc(C(=O)c2cc3ccc2C2CCC(O)(CN(CCc4cccs4)C(=O)NC(C)c4ccccc4)C2(C)CCC=C(C)CCC(O)C3)cc1. The average molecular weight is 735 g/mol. The lowest BCUT2D eigenvalue weighted by molar-refractivity contribution is -0.0769. The number of hydrogen-bond donors (Lipinski definition) is 3. The van der Waals surface area contributed by atoms with Gasteiger partial charge in [-0.15, -0.1) is 11.3 Å². The Kier molecular flexibility index (Phi) is 12.2. The van der Waals surface area contributed by atoms with Gasteiger partial charge in [-0.3, -0.25) is 4.79 Å². The van der Waals surface area contributed by atoms with E-state index in [1.165, 1.54) is 10.5 Å². The van der Waals surface area contributed by atoms with Crippen LogP contribution >= 0.6 is 11.3 Å². The van der Waals surface area contributed by atoms with Crippen LogP contribution in [0.5, 0.6) is 5.75 Å². The van der Waals surface area contributed by atoms with E-state index in [9.17, 15) is 19.8 Å². The number of nitrogens with zero attached hydrogens (tertiary/aromatic N) is 1. The highest BCUT2D eigenvalue weighted by Gasteiger charge is 2.57. The van der Waals surface area contributed by atoms with Gasteiger partial charge in [0.2, 0.25) is 0 Å². The molecule has 0 spiro atoms. The van der Waals surface area contributed by atoms with Gasteiger partial charge in [-0.05, 0) is 130 Å². The molecule has 7 nitrogen and oxygen atoms in total. The van der Waals surface area contributed by atoms with Gasteiger partial charge in [-0.1, -0.05) is 67.1 Å². The molecule has 0 saturated heterocycles. The summed E-state index contributed by atoms with van der Waals surface area (Å²) in [6.45, 7) is 6.91. The van der Waals surface area contributed by atoms with Crippen molar-refractivity contribution in [3.8, 4) is 5.75 Å². The molecule has 3 aliphatic rings. The van der Waals surface area contributed by atoms with Gasteiger partial charge in [-0.25, -0.2) is 4.79 Å². The van der Waals surface area contributed by atoms with Crippen LogP contribution in [0.2, 0.25) is 0 Å². The van der Waals surface area contributed by atoms with Crippen LogP contribution < -0.4 is 10.1 Å². The topological polar surface area (TPSA) is 99.1 Å². The predicted molar refractivity (Wildman–Crippen MR) is 213 cm³/mol. The van der Waals surface area contributed by atoms with E-state index < -0.39 is 17.1 Å². The van der Waals surface area contributed by atoms with Gasteiger partial charge < -0.3 is 25.2 Å². The Labute approximate surface area is 318 Å². The number of hydrogen-bond acceptors (Lipinski definition) is 6. The Morgan fingerprint density at radius 3 is 2.51 bits per heavy atom. The van der Waals surface area contributed by atoms with Crippen LogP contribution in [0.15, 0.2) is 102 Å². The fourth-order valence-corrected chi connectivity index (χ4v) is 9.16. The van der Waals surface area contributed by atoms with Gasteiger partial charge in [0, 0.05) is 28.0 Å². The minimum atomic E-state index is -1.23. The maximum Gasteiger partial charge on any atom is 0.317 e. The summed E-state index contributed by atoms with van der Waals surface area (Å²) in [5.74, 6) is 0.438. The van der Waals surface area contributed by atoms with Gasteiger partial charge in [0.25, 0.3) is 0 Å². The molecule has 1 fully saturated rings. The van der Waals surface area contributed by atoms with Crippen LogP contribution in [-0.2, 0) is 12.8 Å². The largest absolute Gasteiger partial charge is 0.497 e. The maximum absolute atomic E-state index is 14.4. The molecule has 280 valence electrons. The molecule has 53 heavy (non-hydrogen) atoms. The summed E-state index contributed by atoms with van der Waals surface area (Å²) >= 11 is 1.67. The van der Waals surface area contributed by atoms with Crippen LogP contribution in [0.25, 0.3) is 0 Å². The van der Waals surface area contributed by atoms with Crippen molar-refractivity contribution in [3.63, 3.8) is 0 Å². The van der Waals surface area contributed by atoms with E-state index in [-0.39, 0.29) is 30.3 Å². The van der Waals surface area contributed by atoms with Crippen LogP contribution in [0.4, 0.5) is 4.79 Å². The number of benzene rings is 3. The molecule has 2 amide bonds. The zero-order valence-corrected chi connectivity index (χ0v) is 32.3. The molecular formula is C45H54N2O5S. The number of ketones is 1. The van der Waals surface area contributed by atoms with E-state index in [4.69, 9.17) is 4.74 Å². The van der Waals surface area contributed by atoms with Gasteiger partial charge >= 0.3 is 6.03 Å². The number of ether oxygens (including phenoxy) is 1. The Morgan fingerprint density at radius 2 is 1.79 bits per heavy atom. The molecule has 3 aliphatic carbocycles. The molecule has 0 radical (unpaired) electrons. The molecule has 4 aromatic rings. The number of aliphatic hydroxyl groups excluding tert-OH is 1. The standard InChI is InChI=1S/C45H54N2O5S/c1-31-10-8-24-44(3)41(39-21-15-33(28-36(48)18-14-31)29-40(39)42(49)35-16-19-37(52-4)20-17-35)22-25-45(44,51)30-47(26-23-38-13-9-27-53-38)43(50)46-32(2)34-11-6-5-7-12-34/h5-7,9-13,15-17,19-21,27,29,32,36,41,48,51H,8,14,18,22-26,28,30H2,1-4H3,(H,46,50). The van der Waals surface area contributed by atoms with Crippen LogP contribution in [0.3, 0.4) is 0 Å². The first kappa shape index (κ1) is 38.5. The van der Waals surface area contributed by atoms with E-state index in [0.717, 1.165) is 29.5 Å². The molecule has 7 rings (SSSR count). The number of carbonyl (C=O) groups is 2. The number of fused-ring (bicyclic) bond motifs is 8. The predicted octanol–water partition coefficient (Wildman–Crippen LogP) is 9.04. The van der Waals surface area contributed by atoms with Crippen molar-refractivity contribution in [2.24, 2.45) is 5.41 Å². The number of aliphatic hydroxyl groups is 2. The summed E-state index contributed by atoms with van der Waals surface area (Å²) in [6.07, 6.45) is 6.85. The first-order valence-electron chi connectivity index (χ1n) is 19.0. The highest BCUT2D eigenvalue weighted by Crippen LogP contribution is 2.59. The zero-order chi connectivity index (χ0) is 37.6. The van der Waals surface area contributed by atoms with Gasteiger partial charge in [-0.2, -0.15) is 0 Å². The Bertz CT molecular complexity index is 1870. The fraction of sp³-hybridized carbons (Fsp3) is 0.422. The summed E-state index contributed by atoms with van der Waals surface area (Å²) in [4.78, 5) is 31.6. The molecule has 3 N–H and O–H groups in total. The third kappa shape index (κ3) is 8.77. The number of nitrogens with one attached hydrogen (secondary N) is 1. The molecule has 5 atom stereocenters. The minimum absolute atomic E-state index is 0.0912. The molecule has 2 bridgehead atoms. The molecule has 0 aliphatic heterocycles. The second kappa shape index (κ2) is 16.8. The monoisotopic (exact) mass is 734 g/mol. The fourth-order valence-electron chi connectivity index (χ4n) is 8.46. The highest BCUT2D eigenvalue weighted by molar-refractivity contribution is 7.09. The van der Waals surface area contributed by atoms with Crippen molar-refractivity contribution in [2.75, 3.05) is 20.2 Å². The lowest BCUT2D eigenvalue weighted by atomic mass is 9.64. The van der Waals surface area contributed by atoms with Gasteiger partial charge in [0.05, 0.1) is 31.4 Å². The maximum atomic E-state index is 14.4. The first-order chi connectivity index (χ1) is 25.5. The van der Waals surface area contributed by atoms with E-state index >= 15 is 0 Å². The number of carbonyl (C=O) groups excluding carboxylic acids is 2. The lowest BCUT2D eigenvalue weighted by Gasteiger charge is -2.46. The number of methoxy groups -OCH3 is 1. The third-order valence-electron chi connectivity index (χ3n) is 11.9. The zero-order valence-electron chi connectivity index (χ0n) is 31.5. The highest BCUT2D eigenvalue weighted by atomic mass is 32.1. The van der Waals surface area contributed by atoms with Crippen molar-refractivity contribution in [2.45, 2.75) is 95.8 Å². The third-order valence-corrected chi connectivity index (χ3v) is 12.8. The van der Waals surface area contributed by atoms with Gasteiger partial charge in [0.15, 0.2) is 5.78 Å². The van der Waals surface area contributed by atoms with E-state index in [0.29, 0.717) is 61.9 Å². The van der Waals surface area contributed by atoms with Gasteiger partial charge in [0.1, 0.15) is 5.75 Å². The molecule has 1 heterocycles. The van der Waals surface area contributed by atoms with Crippen molar-refractivity contribution < 1.29 is 24.5 Å². The second-order valence-corrected chi connectivity index (χ2v) is 16.4. The van der Waals surface area contributed by atoms with Crippen molar-refractivity contribution >= 4 is 23.2 Å². The first-order valence-corrected chi connectivity index (χ1v) is 19.9. The minimum Gasteiger partial charge on any atom is -0.497 e. The Balaban J connectivity index is 1.38. The summed E-state index contributed by atoms with van der Waals surface area (Å²) in [7, 11) is 1.61. The van der Waals surface area contributed by atoms with E-state index in [1.54, 1.807) is 42.7 Å².